The summed E-state index contributed by atoms with van der Waals surface area (Å²) in [5, 5.41) is -1.69. The van der Waals surface area contributed by atoms with E-state index < -0.39 is 39.5 Å². The molecule has 0 saturated heterocycles. The van der Waals surface area contributed by atoms with E-state index in [0.29, 0.717) is 12.8 Å². The van der Waals surface area contributed by atoms with Crippen LogP contribution in [0.5, 0.6) is 0 Å². The van der Waals surface area contributed by atoms with Crippen molar-refractivity contribution in [2.24, 2.45) is 0 Å². The first-order valence-electron chi connectivity index (χ1n) is 5.78. The Labute approximate surface area is 108 Å². The van der Waals surface area contributed by atoms with Crippen LogP contribution in [0.4, 0.5) is 17.6 Å². The first kappa shape index (κ1) is 15.5. The first-order chi connectivity index (χ1) is 8.36. The molecule has 0 aliphatic carbocycles. The zero-order valence-corrected chi connectivity index (χ0v) is 11.7. The van der Waals surface area contributed by atoms with Gasteiger partial charge in [0.05, 0.1) is 0 Å². The number of hydrogen-bond donors (Lipinski definition) is 0. The Kier molecular flexibility index (Phi) is 4.82. The molecule has 0 amide bonds. The molecule has 0 spiro atoms. The second kappa shape index (κ2) is 5.60. The van der Waals surface area contributed by atoms with Gasteiger partial charge in [-0.2, -0.15) is 0 Å². The smallest absolute Gasteiger partial charge is 0.169 e. The maximum Gasteiger partial charge on any atom is 0.169 e. The van der Waals surface area contributed by atoms with Gasteiger partial charge in [0.25, 0.3) is 0 Å². The van der Waals surface area contributed by atoms with E-state index in [2.05, 4.69) is 0 Å². The van der Waals surface area contributed by atoms with Gasteiger partial charge in [-0.05, 0) is 5.31 Å². The summed E-state index contributed by atoms with van der Waals surface area (Å²) in [6, 6.07) is 0. The summed E-state index contributed by atoms with van der Waals surface area (Å²) in [5.41, 5.74) is -0.517. The Morgan fingerprint density at radius 3 is 1.61 bits per heavy atom. The van der Waals surface area contributed by atoms with Gasteiger partial charge in [0, 0.05) is 10.9 Å². The molecule has 99 valence electrons. The molecule has 0 nitrogen and oxygen atoms in total. The summed E-state index contributed by atoms with van der Waals surface area (Å²) >= 11 is 0. The fourth-order valence-corrected chi connectivity index (χ4v) is 2.50. The van der Waals surface area contributed by atoms with E-state index in [4.69, 9.17) is 0 Å². The van der Waals surface area contributed by atoms with Crippen LogP contribution in [0, 0.1) is 23.3 Å². The highest BCUT2D eigenvalue weighted by Gasteiger charge is 2.36. The Bertz CT molecular complexity index is 421. The van der Waals surface area contributed by atoms with Crippen molar-refractivity contribution in [3.63, 3.8) is 0 Å². The van der Waals surface area contributed by atoms with Crippen LogP contribution in [-0.2, 0) is 5.31 Å². The van der Waals surface area contributed by atoms with Crippen molar-refractivity contribution in [3.05, 3.63) is 28.8 Å². The molecule has 0 aliphatic rings. The zero-order chi connectivity index (χ0) is 14.1. The molecule has 0 saturated carbocycles. The molecule has 0 bridgehead atoms. The molecular weight excluding hydrogens is 262 g/mol. The minimum Gasteiger partial charge on any atom is -0.203 e. The SMILES string of the molecule is C[B]C(CC)(CC)c1c(F)c(F)c(P)c(F)c1F. The highest BCUT2D eigenvalue weighted by molar-refractivity contribution is 7.27. The standard InChI is InChI=1S/C12H15BF4P/c1-4-12(5-2,13-3)6-7(14)9(16)11(18)10(17)8(6)15/h4-5,18H2,1-3H3. The van der Waals surface area contributed by atoms with Crippen molar-refractivity contribution in [2.45, 2.75) is 38.8 Å². The molecule has 1 aromatic rings. The minimum atomic E-state index is -1.35. The van der Waals surface area contributed by atoms with Gasteiger partial charge >= 0.3 is 0 Å². The van der Waals surface area contributed by atoms with E-state index in [9.17, 15) is 17.6 Å². The van der Waals surface area contributed by atoms with Crippen LogP contribution in [0.15, 0.2) is 0 Å². The van der Waals surface area contributed by atoms with Crippen LogP contribution in [0.2, 0.25) is 6.82 Å². The molecule has 6 heteroatoms. The third-order valence-electron chi connectivity index (χ3n) is 3.61. The zero-order valence-electron chi connectivity index (χ0n) is 10.6. The fraction of sp³-hybridized carbons (Fsp3) is 0.500. The summed E-state index contributed by atoms with van der Waals surface area (Å²) in [6.45, 7) is 5.09. The van der Waals surface area contributed by atoms with Gasteiger partial charge in [0.15, 0.2) is 23.3 Å². The molecule has 1 aromatic carbocycles. The Balaban J connectivity index is 3.69. The van der Waals surface area contributed by atoms with Crippen molar-refractivity contribution in [1.29, 1.82) is 0 Å². The summed E-state index contributed by atoms with van der Waals surface area (Å²) in [6.07, 6.45) is 0.728. The lowest BCUT2D eigenvalue weighted by Crippen LogP contribution is -2.35. The second-order valence-electron chi connectivity index (χ2n) is 4.20. The van der Waals surface area contributed by atoms with Crippen molar-refractivity contribution in [2.75, 3.05) is 0 Å². The molecule has 1 rings (SSSR count). The molecule has 0 aliphatic heterocycles. The highest BCUT2D eigenvalue weighted by Crippen LogP contribution is 2.36. The third kappa shape index (κ3) is 2.18. The van der Waals surface area contributed by atoms with Crippen LogP contribution < -0.4 is 5.30 Å². The summed E-state index contributed by atoms with van der Waals surface area (Å²) < 4.78 is 55.0. The average molecular weight is 277 g/mol. The molecule has 0 N–H and O–H groups in total. The maximum atomic E-state index is 13.9. The van der Waals surface area contributed by atoms with E-state index >= 15 is 0 Å². The molecule has 0 aromatic heterocycles. The molecular formula is C12H15BF4P. The van der Waals surface area contributed by atoms with Gasteiger partial charge in [-0.1, -0.05) is 42.8 Å². The fourth-order valence-electron chi connectivity index (χ4n) is 2.24. The number of benzene rings is 1. The summed E-state index contributed by atoms with van der Waals surface area (Å²) in [7, 11) is 3.28. The summed E-state index contributed by atoms with van der Waals surface area (Å²) in [4.78, 5) is 0. The van der Waals surface area contributed by atoms with E-state index in [1.807, 2.05) is 0 Å². The van der Waals surface area contributed by atoms with Gasteiger partial charge in [0.1, 0.15) is 7.28 Å². The lowest BCUT2D eigenvalue weighted by molar-refractivity contribution is 0.410. The van der Waals surface area contributed by atoms with Crippen molar-refractivity contribution >= 4 is 21.8 Å². The van der Waals surface area contributed by atoms with Crippen molar-refractivity contribution in [1.82, 2.24) is 0 Å². The predicted molar refractivity (Wildman–Crippen MR) is 69.5 cm³/mol. The molecule has 18 heavy (non-hydrogen) atoms. The average Bonchev–Trinajstić information content (AvgIpc) is 2.39. The van der Waals surface area contributed by atoms with Gasteiger partial charge in [-0.15, -0.1) is 0 Å². The Hall–Kier alpha value is -0.565. The van der Waals surface area contributed by atoms with Crippen LogP contribution in [0.3, 0.4) is 0 Å². The number of halogens is 4. The normalized spacial score (nSPS) is 11.8. The van der Waals surface area contributed by atoms with Crippen LogP contribution in [0.1, 0.15) is 32.3 Å². The van der Waals surface area contributed by atoms with Crippen molar-refractivity contribution in [3.8, 4) is 0 Å². The van der Waals surface area contributed by atoms with Gasteiger partial charge in [-0.25, -0.2) is 17.6 Å². The maximum absolute atomic E-state index is 13.9. The monoisotopic (exact) mass is 277 g/mol. The van der Waals surface area contributed by atoms with Gasteiger partial charge in [0.2, 0.25) is 0 Å². The van der Waals surface area contributed by atoms with E-state index in [1.54, 1.807) is 37.2 Å². The third-order valence-corrected chi connectivity index (χ3v) is 4.12. The van der Waals surface area contributed by atoms with Gasteiger partial charge < -0.3 is 0 Å². The topological polar surface area (TPSA) is 0 Å². The van der Waals surface area contributed by atoms with E-state index in [1.165, 1.54) is 0 Å². The van der Waals surface area contributed by atoms with Crippen LogP contribution in [-0.4, -0.2) is 7.28 Å². The summed E-state index contributed by atoms with van der Waals surface area (Å²) in [5.74, 6) is -5.30. The second-order valence-corrected chi connectivity index (χ2v) is 4.77. The lowest BCUT2D eigenvalue weighted by atomic mass is 9.48. The Morgan fingerprint density at radius 2 is 1.33 bits per heavy atom. The molecule has 1 atom stereocenters. The minimum absolute atomic E-state index is 0.364. The quantitative estimate of drug-likeness (QED) is 0.342. The predicted octanol–water partition coefficient (Wildman–Crippen LogP) is 3.51. The van der Waals surface area contributed by atoms with E-state index in [0.717, 1.165) is 0 Å². The van der Waals surface area contributed by atoms with Crippen LogP contribution >= 0.6 is 9.24 Å². The Morgan fingerprint density at radius 1 is 0.944 bits per heavy atom. The number of rotatable bonds is 4. The molecule has 1 unspecified atom stereocenters. The first-order valence-corrected chi connectivity index (χ1v) is 6.36. The largest absolute Gasteiger partial charge is 0.203 e. The van der Waals surface area contributed by atoms with Crippen LogP contribution in [0.25, 0.3) is 0 Å². The molecule has 0 heterocycles. The molecule has 0 fully saturated rings. The lowest BCUT2D eigenvalue weighted by Gasteiger charge is -2.32. The van der Waals surface area contributed by atoms with Gasteiger partial charge in [-0.3, -0.25) is 0 Å². The number of hydrogen-bond acceptors (Lipinski definition) is 0. The van der Waals surface area contributed by atoms with Crippen molar-refractivity contribution < 1.29 is 17.6 Å². The highest BCUT2D eigenvalue weighted by atomic mass is 31.0. The molecule has 1 radical (unpaired) electrons. The van der Waals surface area contributed by atoms with E-state index in [-0.39, 0.29) is 0 Å².